The van der Waals surface area contributed by atoms with Gasteiger partial charge in [0.15, 0.2) is 0 Å². The van der Waals surface area contributed by atoms with E-state index in [0.29, 0.717) is 23.5 Å². The Bertz CT molecular complexity index is 1130. The van der Waals surface area contributed by atoms with E-state index in [2.05, 4.69) is 20.9 Å². The highest BCUT2D eigenvalue weighted by Gasteiger charge is 2.17. The Morgan fingerprint density at radius 1 is 0.923 bits per heavy atom. The van der Waals surface area contributed by atoms with Crippen molar-refractivity contribution in [2.45, 2.75) is 6.54 Å². The summed E-state index contributed by atoms with van der Waals surface area (Å²) in [5.74, 6) is 0. The highest BCUT2D eigenvalue weighted by Crippen LogP contribution is 2.31. The first-order valence-corrected chi connectivity index (χ1v) is 9.02. The summed E-state index contributed by atoms with van der Waals surface area (Å²) in [4.78, 5) is 17.9. The lowest BCUT2D eigenvalue weighted by atomic mass is 10.1. The molecule has 0 spiro atoms. The number of anilines is 1. The van der Waals surface area contributed by atoms with E-state index in [1.54, 1.807) is 10.6 Å². The monoisotopic (exact) mass is 405 g/mol. The van der Waals surface area contributed by atoms with Crippen LogP contribution in [0, 0.1) is 0 Å². The smallest absolute Gasteiger partial charge is 0.278 e. The molecule has 3 aromatic carbocycles. The first-order valence-electron chi connectivity index (χ1n) is 8.23. The number of halogens is 1. The van der Waals surface area contributed by atoms with E-state index < -0.39 is 0 Å². The minimum Gasteiger partial charge on any atom is -0.398 e. The summed E-state index contributed by atoms with van der Waals surface area (Å²) in [5, 5.41) is 0. The fraction of sp³-hybridized carbons (Fsp3) is 0.0476. The fourth-order valence-corrected chi connectivity index (χ4v) is 3.64. The molecule has 0 unspecified atom stereocenters. The molecular weight excluding hydrogens is 390 g/mol. The van der Waals surface area contributed by atoms with Crippen LogP contribution in [-0.2, 0) is 6.54 Å². The lowest BCUT2D eigenvalue weighted by molar-refractivity contribution is 0.789. The summed E-state index contributed by atoms with van der Waals surface area (Å²) in [7, 11) is 0. The van der Waals surface area contributed by atoms with Gasteiger partial charge in [-0.15, -0.1) is 0 Å². The molecule has 1 heterocycles. The Labute approximate surface area is 159 Å². The maximum atomic E-state index is 13.3. The number of aromatic nitrogens is 2. The van der Waals surface area contributed by atoms with Gasteiger partial charge >= 0.3 is 0 Å². The van der Waals surface area contributed by atoms with Crippen molar-refractivity contribution in [1.82, 2.24) is 9.55 Å². The van der Waals surface area contributed by atoms with Gasteiger partial charge in [0.05, 0.1) is 17.6 Å². The predicted molar refractivity (Wildman–Crippen MR) is 109 cm³/mol. The minimum absolute atomic E-state index is 0.161. The van der Waals surface area contributed by atoms with Crippen LogP contribution < -0.4 is 11.3 Å². The third-order valence-corrected chi connectivity index (χ3v) is 4.98. The summed E-state index contributed by atoms with van der Waals surface area (Å²) >= 11 is 3.51. The number of hydrogen-bond donors (Lipinski definition) is 1. The van der Waals surface area contributed by atoms with E-state index in [1.165, 1.54) is 0 Å². The Morgan fingerprint density at radius 2 is 1.65 bits per heavy atom. The van der Waals surface area contributed by atoms with Gasteiger partial charge in [-0.05, 0) is 29.8 Å². The van der Waals surface area contributed by atoms with Crippen molar-refractivity contribution in [3.63, 3.8) is 0 Å². The second kappa shape index (κ2) is 6.77. The third-order valence-electron chi connectivity index (χ3n) is 4.32. The van der Waals surface area contributed by atoms with Crippen LogP contribution in [0.5, 0.6) is 0 Å². The summed E-state index contributed by atoms with van der Waals surface area (Å²) in [6.45, 7) is 0.472. The van der Waals surface area contributed by atoms with Gasteiger partial charge in [0.2, 0.25) is 0 Å². The molecule has 0 saturated heterocycles. The molecule has 4 nitrogen and oxygen atoms in total. The van der Waals surface area contributed by atoms with Gasteiger partial charge in [0, 0.05) is 15.7 Å². The van der Waals surface area contributed by atoms with Gasteiger partial charge in [0.25, 0.3) is 5.56 Å². The maximum absolute atomic E-state index is 13.3. The van der Waals surface area contributed by atoms with Crippen LogP contribution in [0.25, 0.3) is 22.3 Å². The van der Waals surface area contributed by atoms with Crippen LogP contribution in [0.15, 0.2) is 82.1 Å². The topological polar surface area (TPSA) is 60.9 Å². The largest absolute Gasteiger partial charge is 0.398 e. The van der Waals surface area contributed by atoms with Crippen LogP contribution >= 0.6 is 15.9 Å². The van der Waals surface area contributed by atoms with Crippen molar-refractivity contribution in [3.05, 3.63) is 93.2 Å². The Balaban J connectivity index is 2.02. The molecule has 0 atom stereocenters. The standard InChI is InChI=1S/C21H16BrN3O/c22-15-9-6-10-16(23)19(15)20-21(26)25(13-14-7-2-1-3-8-14)18-12-5-4-11-17(18)24-20/h1-12H,13,23H2. The van der Waals surface area contributed by atoms with E-state index in [4.69, 9.17) is 5.73 Å². The minimum atomic E-state index is -0.161. The number of para-hydroxylation sites is 2. The lowest BCUT2D eigenvalue weighted by Gasteiger charge is -2.14. The third kappa shape index (κ3) is 2.91. The molecule has 128 valence electrons. The molecule has 4 rings (SSSR count). The zero-order valence-electron chi connectivity index (χ0n) is 13.9. The molecule has 2 N–H and O–H groups in total. The van der Waals surface area contributed by atoms with Crippen LogP contribution in [0.1, 0.15) is 5.56 Å². The number of fused-ring (bicyclic) bond motifs is 1. The van der Waals surface area contributed by atoms with Gasteiger partial charge in [-0.2, -0.15) is 0 Å². The van der Waals surface area contributed by atoms with Crippen molar-refractivity contribution < 1.29 is 0 Å². The predicted octanol–water partition coefficient (Wildman–Crippen LogP) is 4.46. The summed E-state index contributed by atoms with van der Waals surface area (Å²) < 4.78 is 2.51. The Morgan fingerprint density at radius 3 is 2.42 bits per heavy atom. The van der Waals surface area contributed by atoms with Crippen LogP contribution in [0.2, 0.25) is 0 Å². The van der Waals surface area contributed by atoms with Crippen molar-refractivity contribution in [3.8, 4) is 11.3 Å². The number of rotatable bonds is 3. The van der Waals surface area contributed by atoms with Crippen LogP contribution in [0.3, 0.4) is 0 Å². The normalized spacial score (nSPS) is 11.0. The van der Waals surface area contributed by atoms with Crippen molar-refractivity contribution in [2.75, 3.05) is 5.73 Å². The van der Waals surface area contributed by atoms with E-state index >= 15 is 0 Å². The number of nitrogens with zero attached hydrogens (tertiary/aromatic N) is 2. The Hall–Kier alpha value is -2.92. The first kappa shape index (κ1) is 16.5. The van der Waals surface area contributed by atoms with Gasteiger partial charge in [-0.1, -0.05) is 64.5 Å². The molecule has 0 radical (unpaired) electrons. The number of nitrogen functional groups attached to an aromatic ring is 1. The molecule has 0 aliphatic heterocycles. The lowest BCUT2D eigenvalue weighted by Crippen LogP contribution is -2.24. The molecule has 0 bridgehead atoms. The molecule has 0 aliphatic rings. The number of benzene rings is 3. The molecular formula is C21H16BrN3O. The van der Waals surface area contributed by atoms with E-state index in [0.717, 1.165) is 21.1 Å². The van der Waals surface area contributed by atoms with Crippen molar-refractivity contribution in [1.29, 1.82) is 0 Å². The van der Waals surface area contributed by atoms with E-state index in [-0.39, 0.29) is 5.56 Å². The van der Waals surface area contributed by atoms with Gasteiger partial charge in [-0.3, -0.25) is 4.79 Å². The molecule has 0 saturated carbocycles. The van der Waals surface area contributed by atoms with Crippen molar-refractivity contribution >= 4 is 32.7 Å². The van der Waals surface area contributed by atoms with Crippen LogP contribution in [-0.4, -0.2) is 9.55 Å². The molecule has 0 aliphatic carbocycles. The quantitative estimate of drug-likeness (QED) is 0.511. The highest BCUT2D eigenvalue weighted by atomic mass is 79.9. The van der Waals surface area contributed by atoms with Crippen molar-refractivity contribution in [2.24, 2.45) is 0 Å². The second-order valence-electron chi connectivity index (χ2n) is 6.03. The molecule has 4 aromatic rings. The van der Waals surface area contributed by atoms with Crippen LogP contribution in [0.4, 0.5) is 5.69 Å². The summed E-state index contributed by atoms with van der Waals surface area (Å²) in [6.07, 6.45) is 0. The maximum Gasteiger partial charge on any atom is 0.278 e. The van der Waals surface area contributed by atoms with Gasteiger partial charge in [0.1, 0.15) is 5.69 Å². The average molecular weight is 406 g/mol. The molecule has 0 amide bonds. The first-order chi connectivity index (χ1) is 12.6. The molecule has 26 heavy (non-hydrogen) atoms. The average Bonchev–Trinajstić information content (AvgIpc) is 2.65. The van der Waals surface area contributed by atoms with E-state index in [9.17, 15) is 4.79 Å². The summed E-state index contributed by atoms with van der Waals surface area (Å²) in [6, 6.07) is 23.1. The second-order valence-corrected chi connectivity index (χ2v) is 6.88. The Kier molecular flexibility index (Phi) is 4.31. The highest BCUT2D eigenvalue weighted by molar-refractivity contribution is 9.10. The molecule has 5 heteroatoms. The zero-order valence-corrected chi connectivity index (χ0v) is 15.5. The number of nitrogens with two attached hydrogens (primary N) is 1. The van der Waals surface area contributed by atoms with Gasteiger partial charge < -0.3 is 10.3 Å². The molecule has 1 aromatic heterocycles. The zero-order chi connectivity index (χ0) is 18.1. The molecule has 0 fully saturated rings. The summed E-state index contributed by atoms with van der Waals surface area (Å²) in [5.41, 5.74) is 10.1. The van der Waals surface area contributed by atoms with Gasteiger partial charge in [-0.25, -0.2) is 4.98 Å². The fourth-order valence-electron chi connectivity index (χ4n) is 3.07. The van der Waals surface area contributed by atoms with E-state index in [1.807, 2.05) is 66.7 Å². The SMILES string of the molecule is Nc1cccc(Br)c1-c1nc2ccccc2n(Cc2ccccc2)c1=O. The number of hydrogen-bond acceptors (Lipinski definition) is 3.